The number of rotatable bonds is 5. The van der Waals surface area contributed by atoms with Crippen molar-refractivity contribution in [2.75, 3.05) is 0 Å². The molecule has 0 aromatic heterocycles. The van der Waals surface area contributed by atoms with Gasteiger partial charge in [0.2, 0.25) is 0 Å². The monoisotopic (exact) mass is 536 g/mol. The Morgan fingerprint density at radius 1 is 0.742 bits per heavy atom. The quantitative estimate of drug-likeness (QED) is 0.0917. The van der Waals surface area contributed by atoms with E-state index < -0.39 is 62.0 Å². The fraction of sp³-hybridized carbons (Fsp3) is 0.429. The second kappa shape index (κ2) is 26.2. The van der Waals surface area contributed by atoms with Crippen LogP contribution in [-0.2, 0) is 24.8 Å². The van der Waals surface area contributed by atoms with Crippen LogP contribution in [0.25, 0.3) is 0 Å². The number of carboxylic acids is 3. The third-order valence-corrected chi connectivity index (χ3v) is 1.29. The molecule has 0 bridgehead atoms. The van der Waals surface area contributed by atoms with E-state index in [0.717, 1.165) is 0 Å². The van der Waals surface area contributed by atoms with E-state index in [1.165, 1.54) is 0 Å². The summed E-state index contributed by atoms with van der Waals surface area (Å²) in [5, 5.41) is 47.8. The third kappa shape index (κ3) is 89.4. The van der Waals surface area contributed by atoms with E-state index in [0.29, 0.717) is 0 Å². The number of hydrogen-bond donors (Lipinski definition) is 8. The average Bonchev–Trinajstić information content (AvgIpc) is 2.19. The van der Waals surface area contributed by atoms with Gasteiger partial charge >= 0.3 is 142 Å². The minimum absolute atomic E-state index is 0. The van der Waals surface area contributed by atoms with Crippen molar-refractivity contribution in [3.05, 3.63) is 0 Å². The van der Waals surface area contributed by atoms with Gasteiger partial charge in [-0.1, -0.05) is 0 Å². The van der Waals surface area contributed by atoms with Crippen LogP contribution in [0.2, 0.25) is 0 Å². The summed E-state index contributed by atoms with van der Waals surface area (Å²) in [5.74, 6) is -5.02. The Hall–Kier alpha value is 1.57. The van der Waals surface area contributed by atoms with Gasteiger partial charge in [0.15, 0.2) is 5.60 Å². The molecule has 0 atom stereocenters. The predicted octanol–water partition coefficient (Wildman–Crippen LogP) is -18.2. The van der Waals surface area contributed by atoms with Gasteiger partial charge in [-0.05, 0) is 0 Å². The molecule has 0 amide bonds. The molecule has 0 saturated carbocycles. The van der Waals surface area contributed by atoms with E-state index in [9.17, 15) is 14.4 Å². The Morgan fingerprint density at radius 2 is 0.871 bits per heavy atom. The van der Waals surface area contributed by atoms with Crippen LogP contribution in [0.15, 0.2) is 0 Å². The maximum atomic E-state index is 10.3. The molecular formula is C7H12Na4O18SSi. The van der Waals surface area contributed by atoms with Crippen LogP contribution in [0.1, 0.15) is 12.8 Å². The summed E-state index contributed by atoms with van der Waals surface area (Å²) in [5.41, 5.74) is -2.74. The van der Waals surface area contributed by atoms with Gasteiger partial charge in [0.25, 0.3) is 0 Å². The molecule has 0 aliphatic carbocycles. The molecule has 31 heavy (non-hydrogen) atoms. The van der Waals surface area contributed by atoms with E-state index in [2.05, 4.69) is 0 Å². The number of hydrogen-bond acceptors (Lipinski definition) is 13. The molecule has 0 aliphatic heterocycles. The summed E-state index contributed by atoms with van der Waals surface area (Å²) in [4.78, 5) is 70.8. The van der Waals surface area contributed by atoms with Crippen molar-refractivity contribution in [3.8, 4) is 0 Å². The first-order chi connectivity index (χ1) is 11.5. The standard InChI is InChI=1S/C6H8O7.CH2O3.4Na.H2O4S.H2O4Si/c7-3(8)1-6(13,5(11)12)2-4(9)10;2-1(3)4;;;;;2*1-5(2,3)4/h13H,1-2H2,(H,7,8)(H,9,10)(H,11,12);(H2,2,3,4);;;;;(H2,1,2,3,4);1-2H/q;;4*+1;;-2/p-2. The van der Waals surface area contributed by atoms with Crippen molar-refractivity contribution in [1.29, 1.82) is 0 Å². The van der Waals surface area contributed by atoms with Gasteiger partial charge in [-0.3, -0.25) is 18.0 Å². The maximum absolute atomic E-state index is 10.3. The third-order valence-electron chi connectivity index (χ3n) is 1.29. The van der Waals surface area contributed by atoms with Gasteiger partial charge < -0.3 is 58.9 Å². The van der Waals surface area contributed by atoms with Crippen LogP contribution in [0, 0.1) is 0 Å². The normalized spacial score (nSPS) is 9.13. The largest absolute Gasteiger partial charge is 1.00 e. The minimum atomic E-state index is -5.17. The van der Waals surface area contributed by atoms with Gasteiger partial charge in [0, 0.05) is 10.4 Å². The van der Waals surface area contributed by atoms with Gasteiger partial charge in [-0.2, -0.15) is 0 Å². The topological polar surface area (TPSA) is 356 Å². The Kier molecular flexibility index (Phi) is 45.4. The number of aliphatic hydroxyl groups is 1. The van der Waals surface area contributed by atoms with Crippen molar-refractivity contribution in [3.63, 3.8) is 0 Å². The van der Waals surface area contributed by atoms with E-state index >= 15 is 0 Å². The molecule has 8 N–H and O–H groups in total. The molecule has 0 radical (unpaired) electrons. The van der Waals surface area contributed by atoms with Crippen LogP contribution in [0.3, 0.4) is 0 Å². The van der Waals surface area contributed by atoms with Crippen LogP contribution in [-0.4, -0.2) is 96.5 Å². The molecule has 0 fully saturated rings. The zero-order chi connectivity index (χ0) is 23.2. The Morgan fingerprint density at radius 3 is 0.935 bits per heavy atom. The Bertz CT molecular complexity index is 571. The predicted molar refractivity (Wildman–Crippen MR) is 68.4 cm³/mol. The summed E-state index contributed by atoms with van der Waals surface area (Å²) in [6.45, 7) is 0. The van der Waals surface area contributed by atoms with Crippen molar-refractivity contribution in [2.24, 2.45) is 0 Å². The number of carboxylic acid groups (broad SMARTS) is 5. The smallest absolute Gasteiger partial charge is 0.828 e. The molecule has 0 spiro atoms. The van der Waals surface area contributed by atoms with Gasteiger partial charge in [0.05, 0.1) is 12.8 Å². The SMILES string of the molecule is O=C(O)CC(O)(CC(=O)O)C(=O)O.O=C(O)O.O=S(=O)([O-])[O-].[Na+].[Na+].[Na+].[Na+].[O-][Si]([O-])(O)O. The molecule has 0 saturated heterocycles. The van der Waals surface area contributed by atoms with E-state index in [4.69, 9.17) is 72.1 Å². The fourth-order valence-electron chi connectivity index (χ4n) is 0.714. The van der Waals surface area contributed by atoms with Gasteiger partial charge in [-0.15, -0.1) is 0 Å². The summed E-state index contributed by atoms with van der Waals surface area (Å²) in [7, 11) is -10.3. The molecular weight excluding hydrogens is 524 g/mol. The first kappa shape index (κ1) is 53.8. The van der Waals surface area contributed by atoms with E-state index in [-0.39, 0.29) is 118 Å². The second-order valence-corrected chi connectivity index (χ2v) is 5.63. The van der Waals surface area contributed by atoms with E-state index in [1.54, 1.807) is 0 Å². The molecule has 18 nitrogen and oxygen atoms in total. The molecule has 0 aromatic carbocycles. The fourth-order valence-corrected chi connectivity index (χ4v) is 0.714. The molecule has 162 valence electrons. The minimum Gasteiger partial charge on any atom is -0.828 e. The summed E-state index contributed by atoms with van der Waals surface area (Å²) in [6, 6.07) is 0. The maximum Gasteiger partial charge on any atom is 1.00 e. The van der Waals surface area contributed by atoms with E-state index in [1.807, 2.05) is 0 Å². The molecule has 0 aromatic rings. The van der Waals surface area contributed by atoms with Crippen molar-refractivity contribution in [2.45, 2.75) is 18.4 Å². The summed E-state index contributed by atoms with van der Waals surface area (Å²) < 4.78 is 34.1. The number of carbonyl (C=O) groups is 4. The molecule has 24 heteroatoms. The van der Waals surface area contributed by atoms with Gasteiger partial charge in [0.1, 0.15) is 9.05 Å². The Labute approximate surface area is 263 Å². The first-order valence-electron chi connectivity index (χ1n) is 5.34. The van der Waals surface area contributed by atoms with Crippen LogP contribution in [0.5, 0.6) is 0 Å². The zero-order valence-corrected chi connectivity index (χ0v) is 26.3. The summed E-state index contributed by atoms with van der Waals surface area (Å²) in [6.07, 6.45) is -4.12. The summed E-state index contributed by atoms with van der Waals surface area (Å²) >= 11 is 0. The molecule has 0 heterocycles. The molecule has 0 aliphatic rings. The van der Waals surface area contributed by atoms with Crippen molar-refractivity contribution >= 4 is 43.5 Å². The molecule has 0 unspecified atom stereocenters. The Balaban J connectivity index is -0.0000000416. The van der Waals surface area contributed by atoms with Crippen LogP contribution in [0.4, 0.5) is 4.79 Å². The average molecular weight is 536 g/mol. The van der Waals surface area contributed by atoms with Crippen LogP contribution < -0.4 is 128 Å². The number of aliphatic carboxylic acids is 3. The zero-order valence-electron chi connectivity index (χ0n) is 16.5. The van der Waals surface area contributed by atoms with Crippen molar-refractivity contribution < 1.29 is 205 Å². The van der Waals surface area contributed by atoms with Crippen molar-refractivity contribution in [1.82, 2.24) is 0 Å². The second-order valence-electron chi connectivity index (χ2n) is 3.72. The van der Waals surface area contributed by atoms with Crippen LogP contribution >= 0.6 is 0 Å². The van der Waals surface area contributed by atoms with Gasteiger partial charge in [-0.25, -0.2) is 9.59 Å². The first-order valence-corrected chi connectivity index (χ1v) is 8.39. The molecule has 0 rings (SSSR count).